The second-order valence-corrected chi connectivity index (χ2v) is 3.88. The normalized spacial score (nSPS) is 10.2. The Morgan fingerprint density at radius 1 is 1.44 bits per heavy atom. The largest absolute Gasteiger partial charge is 0.496 e. The highest BCUT2D eigenvalue weighted by atomic mass is 19.1. The second kappa shape index (κ2) is 4.49. The van der Waals surface area contributed by atoms with E-state index in [-0.39, 0.29) is 5.82 Å². The topological polar surface area (TPSA) is 50.8 Å². The number of ether oxygens (including phenoxy) is 1. The van der Waals surface area contributed by atoms with Gasteiger partial charge in [0.25, 0.3) is 0 Å². The summed E-state index contributed by atoms with van der Waals surface area (Å²) in [6.45, 7) is 1.74. The van der Waals surface area contributed by atoms with E-state index >= 15 is 0 Å². The molecule has 4 nitrogen and oxygen atoms in total. The fourth-order valence-electron chi connectivity index (χ4n) is 1.89. The van der Waals surface area contributed by atoms with Gasteiger partial charge in [-0.05, 0) is 25.1 Å². The molecule has 5 heteroatoms. The average molecular weight is 245 g/mol. The Bertz CT molecular complexity index is 640. The lowest BCUT2D eigenvalue weighted by molar-refractivity contribution is 0.415. The predicted octanol–water partition coefficient (Wildman–Crippen LogP) is 2.41. The van der Waals surface area contributed by atoms with Crippen LogP contribution in [0.5, 0.6) is 5.75 Å². The number of hydrogen-bond acceptors (Lipinski definition) is 3. The molecule has 0 spiro atoms. The molecule has 92 valence electrons. The molecular weight excluding hydrogens is 233 g/mol. The van der Waals surface area contributed by atoms with Gasteiger partial charge >= 0.3 is 0 Å². The smallest absolute Gasteiger partial charge is 0.144 e. The third-order valence-corrected chi connectivity index (χ3v) is 2.78. The second-order valence-electron chi connectivity index (χ2n) is 3.88. The maximum absolute atomic E-state index is 13.3. The Balaban J connectivity index is 2.70. The highest BCUT2D eigenvalue weighted by Crippen LogP contribution is 2.30. The van der Waals surface area contributed by atoms with Crippen LogP contribution in [0.4, 0.5) is 4.39 Å². The number of benzene rings is 1. The minimum Gasteiger partial charge on any atom is -0.496 e. The molecule has 2 rings (SSSR count). The number of imidazole rings is 1. The van der Waals surface area contributed by atoms with Crippen molar-refractivity contribution in [2.45, 2.75) is 6.92 Å². The van der Waals surface area contributed by atoms with Gasteiger partial charge in [-0.15, -0.1) is 0 Å². The number of nitriles is 1. The van der Waals surface area contributed by atoms with Gasteiger partial charge in [-0.2, -0.15) is 5.26 Å². The van der Waals surface area contributed by atoms with E-state index in [2.05, 4.69) is 11.1 Å². The molecule has 1 aromatic heterocycles. The van der Waals surface area contributed by atoms with Crippen LogP contribution in [0, 0.1) is 24.1 Å². The molecule has 0 saturated heterocycles. The van der Waals surface area contributed by atoms with E-state index in [9.17, 15) is 4.39 Å². The van der Waals surface area contributed by atoms with Gasteiger partial charge in [0, 0.05) is 7.05 Å². The maximum atomic E-state index is 13.3. The van der Waals surface area contributed by atoms with E-state index in [4.69, 9.17) is 10.00 Å². The standard InChI is InChI=1S/C13H12FN3O/c1-8-11(7-15)17(2)13(16-8)10-6-9(14)4-5-12(10)18-3/h4-6H,1-3H3. The third kappa shape index (κ3) is 1.82. The van der Waals surface area contributed by atoms with Crippen molar-refractivity contribution >= 4 is 0 Å². The molecule has 0 aliphatic carbocycles. The van der Waals surface area contributed by atoms with E-state index < -0.39 is 0 Å². The number of rotatable bonds is 2. The van der Waals surface area contributed by atoms with E-state index in [1.165, 1.54) is 19.2 Å². The van der Waals surface area contributed by atoms with Gasteiger partial charge in [-0.3, -0.25) is 0 Å². The highest BCUT2D eigenvalue weighted by Gasteiger charge is 2.16. The SMILES string of the molecule is COc1ccc(F)cc1-c1nc(C)c(C#N)n1C. The zero-order valence-electron chi connectivity index (χ0n) is 10.4. The van der Waals surface area contributed by atoms with Crippen molar-refractivity contribution in [1.82, 2.24) is 9.55 Å². The third-order valence-electron chi connectivity index (χ3n) is 2.78. The van der Waals surface area contributed by atoms with Crippen molar-refractivity contribution < 1.29 is 9.13 Å². The van der Waals surface area contributed by atoms with E-state index in [1.54, 1.807) is 24.6 Å². The number of hydrogen-bond donors (Lipinski definition) is 0. The highest BCUT2D eigenvalue weighted by molar-refractivity contribution is 5.66. The fraction of sp³-hybridized carbons (Fsp3) is 0.231. The van der Waals surface area contributed by atoms with Gasteiger partial charge < -0.3 is 9.30 Å². The Kier molecular flexibility index (Phi) is 3.02. The summed E-state index contributed by atoms with van der Waals surface area (Å²) in [4.78, 5) is 4.29. The first-order chi connectivity index (χ1) is 8.58. The number of aryl methyl sites for hydroxylation is 1. The molecule has 0 unspecified atom stereocenters. The average Bonchev–Trinajstić information content (AvgIpc) is 2.64. The van der Waals surface area contributed by atoms with Crippen molar-refractivity contribution in [3.05, 3.63) is 35.4 Å². The van der Waals surface area contributed by atoms with Gasteiger partial charge in [-0.1, -0.05) is 0 Å². The summed E-state index contributed by atoms with van der Waals surface area (Å²) in [7, 11) is 3.23. The number of halogens is 1. The molecule has 0 saturated carbocycles. The quantitative estimate of drug-likeness (QED) is 0.816. The zero-order chi connectivity index (χ0) is 13.3. The molecular formula is C13H12FN3O. The van der Waals surface area contributed by atoms with Gasteiger partial charge in [-0.25, -0.2) is 9.37 Å². The van der Waals surface area contributed by atoms with Crippen molar-refractivity contribution in [3.63, 3.8) is 0 Å². The van der Waals surface area contributed by atoms with Crippen molar-refractivity contribution in [3.8, 4) is 23.2 Å². The lowest BCUT2D eigenvalue weighted by atomic mass is 10.2. The molecule has 1 heterocycles. The first-order valence-electron chi connectivity index (χ1n) is 5.35. The van der Waals surface area contributed by atoms with Gasteiger partial charge in [0.1, 0.15) is 29.2 Å². The Morgan fingerprint density at radius 2 is 2.17 bits per heavy atom. The van der Waals surface area contributed by atoms with Crippen molar-refractivity contribution in [2.24, 2.45) is 7.05 Å². The first-order valence-corrected chi connectivity index (χ1v) is 5.35. The zero-order valence-corrected chi connectivity index (χ0v) is 10.4. The fourth-order valence-corrected chi connectivity index (χ4v) is 1.89. The minimum absolute atomic E-state index is 0.370. The number of methoxy groups -OCH3 is 1. The van der Waals surface area contributed by atoms with Crippen LogP contribution in [-0.2, 0) is 7.05 Å². The van der Waals surface area contributed by atoms with Crippen LogP contribution < -0.4 is 4.74 Å². The van der Waals surface area contributed by atoms with Crippen LogP contribution in [0.2, 0.25) is 0 Å². The van der Waals surface area contributed by atoms with Crippen LogP contribution in [0.25, 0.3) is 11.4 Å². The molecule has 18 heavy (non-hydrogen) atoms. The Morgan fingerprint density at radius 3 is 2.72 bits per heavy atom. The molecule has 1 aromatic carbocycles. The monoisotopic (exact) mass is 245 g/mol. The van der Waals surface area contributed by atoms with Gasteiger partial charge in [0.2, 0.25) is 0 Å². The molecule has 0 amide bonds. The predicted molar refractivity (Wildman–Crippen MR) is 64.6 cm³/mol. The number of aromatic nitrogens is 2. The summed E-state index contributed by atoms with van der Waals surface area (Å²) in [5, 5.41) is 9.02. The molecule has 2 aromatic rings. The van der Waals surface area contributed by atoms with E-state index in [0.717, 1.165) is 0 Å². The molecule has 0 aliphatic heterocycles. The molecule has 0 fully saturated rings. The van der Waals surface area contributed by atoms with Gasteiger partial charge in [0.15, 0.2) is 0 Å². The van der Waals surface area contributed by atoms with Crippen molar-refractivity contribution in [1.29, 1.82) is 5.26 Å². The van der Waals surface area contributed by atoms with Crippen LogP contribution in [0.1, 0.15) is 11.4 Å². The lowest BCUT2D eigenvalue weighted by Crippen LogP contribution is -1.98. The van der Waals surface area contributed by atoms with E-state index in [1.807, 2.05) is 0 Å². The summed E-state index contributed by atoms with van der Waals surface area (Å²) < 4.78 is 20.2. The summed E-state index contributed by atoms with van der Waals surface area (Å²) >= 11 is 0. The minimum atomic E-state index is -0.370. The van der Waals surface area contributed by atoms with Crippen LogP contribution in [0.3, 0.4) is 0 Å². The first kappa shape index (κ1) is 12.1. The van der Waals surface area contributed by atoms with Crippen molar-refractivity contribution in [2.75, 3.05) is 7.11 Å². The lowest BCUT2D eigenvalue weighted by Gasteiger charge is -2.08. The van der Waals surface area contributed by atoms with Crippen LogP contribution in [0.15, 0.2) is 18.2 Å². The Hall–Kier alpha value is -2.35. The van der Waals surface area contributed by atoms with Gasteiger partial charge in [0.05, 0.1) is 18.4 Å². The molecule has 0 atom stereocenters. The summed E-state index contributed by atoms with van der Waals surface area (Å²) in [5.41, 5.74) is 1.60. The number of nitrogens with zero attached hydrogens (tertiary/aromatic N) is 3. The molecule has 0 N–H and O–H groups in total. The van der Waals surface area contributed by atoms with Crippen LogP contribution in [-0.4, -0.2) is 16.7 Å². The Labute approximate surface area is 104 Å². The summed E-state index contributed by atoms with van der Waals surface area (Å²) in [6.07, 6.45) is 0. The van der Waals surface area contributed by atoms with Crippen LogP contribution >= 0.6 is 0 Å². The van der Waals surface area contributed by atoms with E-state index in [0.29, 0.717) is 28.5 Å². The summed E-state index contributed by atoms with van der Waals surface area (Å²) in [5.74, 6) is 0.666. The maximum Gasteiger partial charge on any atom is 0.144 e. The molecule has 0 bridgehead atoms. The molecule has 0 radical (unpaired) electrons. The molecule has 0 aliphatic rings. The summed E-state index contributed by atoms with van der Waals surface area (Å²) in [6, 6.07) is 6.29.